The highest BCUT2D eigenvalue weighted by Crippen LogP contribution is 2.25. The molecule has 0 saturated carbocycles. The fourth-order valence-electron chi connectivity index (χ4n) is 1.92. The van der Waals surface area contributed by atoms with Crippen LogP contribution in [0.2, 0.25) is 0 Å². The molecule has 0 aliphatic heterocycles. The summed E-state index contributed by atoms with van der Waals surface area (Å²) in [7, 11) is 0. The smallest absolute Gasteiger partial charge is 0.269 e. The van der Waals surface area contributed by atoms with E-state index < -0.39 is 4.92 Å². The number of anilines is 1. The zero-order valence-corrected chi connectivity index (χ0v) is 10.9. The Morgan fingerprint density at radius 1 is 1.39 bits per heavy atom. The summed E-state index contributed by atoms with van der Waals surface area (Å²) in [6, 6.07) is 4.66. The van der Waals surface area contributed by atoms with Gasteiger partial charge in [0.25, 0.3) is 5.69 Å². The van der Waals surface area contributed by atoms with Gasteiger partial charge in [-0.2, -0.15) is 0 Å². The number of nitro benzene ring substituents is 1. The van der Waals surface area contributed by atoms with E-state index in [-0.39, 0.29) is 12.3 Å². The third-order valence-electron chi connectivity index (χ3n) is 2.95. The van der Waals surface area contributed by atoms with Gasteiger partial charge in [-0.25, -0.2) is 0 Å². The molecule has 0 aliphatic rings. The topological polar surface area (TPSA) is 66.6 Å². The van der Waals surface area contributed by atoms with Crippen molar-refractivity contribution in [2.24, 2.45) is 0 Å². The predicted molar refractivity (Wildman–Crippen MR) is 71.8 cm³/mol. The van der Waals surface area contributed by atoms with Crippen LogP contribution >= 0.6 is 0 Å². The van der Waals surface area contributed by atoms with Crippen LogP contribution in [-0.2, 0) is 6.61 Å². The van der Waals surface area contributed by atoms with E-state index >= 15 is 0 Å². The Kier molecular flexibility index (Phi) is 5.58. The van der Waals surface area contributed by atoms with E-state index in [0.717, 1.165) is 31.6 Å². The highest BCUT2D eigenvalue weighted by atomic mass is 16.6. The molecule has 0 fully saturated rings. The molecule has 5 nitrogen and oxygen atoms in total. The van der Waals surface area contributed by atoms with Crippen LogP contribution in [0.4, 0.5) is 11.4 Å². The van der Waals surface area contributed by atoms with Gasteiger partial charge in [0.15, 0.2) is 0 Å². The molecular weight excluding hydrogens is 232 g/mol. The maximum Gasteiger partial charge on any atom is 0.269 e. The first-order chi connectivity index (χ1) is 8.63. The van der Waals surface area contributed by atoms with Gasteiger partial charge in [-0.15, -0.1) is 0 Å². The van der Waals surface area contributed by atoms with Crippen molar-refractivity contribution in [1.29, 1.82) is 0 Å². The van der Waals surface area contributed by atoms with E-state index in [1.807, 2.05) is 6.92 Å². The molecule has 0 heterocycles. The van der Waals surface area contributed by atoms with Crippen molar-refractivity contribution in [3.8, 4) is 0 Å². The summed E-state index contributed by atoms with van der Waals surface area (Å²) in [4.78, 5) is 12.4. The number of hydrogen-bond acceptors (Lipinski definition) is 4. The molecule has 1 aromatic carbocycles. The summed E-state index contributed by atoms with van der Waals surface area (Å²) in [6.07, 6.45) is 2.16. The number of rotatable bonds is 7. The number of nitro groups is 1. The van der Waals surface area contributed by atoms with Crippen LogP contribution < -0.4 is 4.90 Å². The molecule has 0 radical (unpaired) electrons. The van der Waals surface area contributed by atoms with E-state index in [1.54, 1.807) is 6.07 Å². The van der Waals surface area contributed by atoms with Crippen molar-refractivity contribution in [3.05, 3.63) is 33.9 Å². The number of aliphatic hydroxyl groups excluding tert-OH is 1. The summed E-state index contributed by atoms with van der Waals surface area (Å²) in [5.41, 5.74) is 1.52. The first-order valence-corrected chi connectivity index (χ1v) is 6.27. The normalized spacial score (nSPS) is 10.4. The quantitative estimate of drug-likeness (QED) is 0.598. The summed E-state index contributed by atoms with van der Waals surface area (Å²) in [5.74, 6) is 0. The van der Waals surface area contributed by atoms with Crippen LogP contribution in [0.3, 0.4) is 0 Å². The Bertz CT molecular complexity index is 407. The second-order valence-electron chi connectivity index (χ2n) is 4.16. The highest BCUT2D eigenvalue weighted by molar-refractivity contribution is 5.57. The third-order valence-corrected chi connectivity index (χ3v) is 2.95. The van der Waals surface area contributed by atoms with Crippen molar-refractivity contribution in [3.63, 3.8) is 0 Å². The first-order valence-electron chi connectivity index (χ1n) is 6.27. The molecule has 100 valence electrons. The Morgan fingerprint density at radius 3 is 2.61 bits per heavy atom. The first kappa shape index (κ1) is 14.4. The van der Waals surface area contributed by atoms with Gasteiger partial charge in [-0.05, 0) is 19.4 Å². The van der Waals surface area contributed by atoms with Gasteiger partial charge in [-0.3, -0.25) is 10.1 Å². The summed E-state index contributed by atoms with van der Waals surface area (Å²) in [5, 5.41) is 20.0. The average molecular weight is 252 g/mol. The van der Waals surface area contributed by atoms with Crippen LogP contribution in [0.15, 0.2) is 18.2 Å². The molecule has 0 amide bonds. The lowest BCUT2D eigenvalue weighted by molar-refractivity contribution is -0.384. The van der Waals surface area contributed by atoms with E-state index in [2.05, 4.69) is 11.8 Å². The molecule has 0 aliphatic carbocycles. The lowest BCUT2D eigenvalue weighted by Crippen LogP contribution is -2.25. The lowest BCUT2D eigenvalue weighted by Gasteiger charge is -2.25. The van der Waals surface area contributed by atoms with Crippen LogP contribution in [-0.4, -0.2) is 23.1 Å². The third kappa shape index (κ3) is 3.43. The number of non-ortho nitro benzene ring substituents is 1. The molecule has 0 bridgehead atoms. The molecule has 0 spiro atoms. The predicted octanol–water partition coefficient (Wildman–Crippen LogP) is 2.71. The summed E-state index contributed by atoms with van der Waals surface area (Å²) >= 11 is 0. The second kappa shape index (κ2) is 6.96. The van der Waals surface area contributed by atoms with E-state index in [0.29, 0.717) is 5.56 Å². The fourth-order valence-corrected chi connectivity index (χ4v) is 1.92. The van der Waals surface area contributed by atoms with Crippen molar-refractivity contribution >= 4 is 11.4 Å². The zero-order chi connectivity index (χ0) is 13.5. The maximum atomic E-state index is 10.7. The Labute approximate surface area is 107 Å². The molecule has 1 N–H and O–H groups in total. The second-order valence-corrected chi connectivity index (χ2v) is 4.16. The van der Waals surface area contributed by atoms with Gasteiger partial charge in [0.1, 0.15) is 0 Å². The SMILES string of the molecule is CCCCN(CC)c1ccc([N+](=O)[O-])cc1CO. The Balaban J connectivity index is 3.02. The molecule has 18 heavy (non-hydrogen) atoms. The van der Waals surface area contributed by atoms with Crippen molar-refractivity contribution in [2.45, 2.75) is 33.3 Å². The van der Waals surface area contributed by atoms with Gasteiger partial charge in [0.2, 0.25) is 0 Å². The van der Waals surface area contributed by atoms with Gasteiger partial charge in [-0.1, -0.05) is 13.3 Å². The van der Waals surface area contributed by atoms with Gasteiger partial charge in [0, 0.05) is 36.5 Å². The van der Waals surface area contributed by atoms with Crippen LogP contribution in [0.1, 0.15) is 32.3 Å². The maximum absolute atomic E-state index is 10.7. The molecule has 0 atom stereocenters. The van der Waals surface area contributed by atoms with E-state index in [9.17, 15) is 15.2 Å². The van der Waals surface area contributed by atoms with Crippen LogP contribution in [0.25, 0.3) is 0 Å². The van der Waals surface area contributed by atoms with Crippen LogP contribution in [0, 0.1) is 10.1 Å². The minimum absolute atomic E-state index is 0.0225. The van der Waals surface area contributed by atoms with Crippen LogP contribution in [0.5, 0.6) is 0 Å². The molecule has 1 rings (SSSR count). The molecule has 0 saturated heterocycles. The zero-order valence-electron chi connectivity index (χ0n) is 10.9. The standard InChI is InChI=1S/C13H20N2O3/c1-3-5-8-14(4-2)13-7-6-12(15(17)18)9-11(13)10-16/h6-7,9,16H,3-5,8,10H2,1-2H3. The van der Waals surface area contributed by atoms with E-state index in [1.165, 1.54) is 12.1 Å². The highest BCUT2D eigenvalue weighted by Gasteiger charge is 2.13. The number of unbranched alkanes of at least 4 members (excludes halogenated alkanes) is 1. The number of hydrogen-bond donors (Lipinski definition) is 1. The average Bonchev–Trinajstić information content (AvgIpc) is 2.39. The van der Waals surface area contributed by atoms with Gasteiger partial charge >= 0.3 is 0 Å². The summed E-state index contributed by atoms with van der Waals surface area (Å²) in [6.45, 7) is 5.71. The largest absolute Gasteiger partial charge is 0.392 e. The number of nitrogens with zero attached hydrogens (tertiary/aromatic N) is 2. The van der Waals surface area contributed by atoms with Crippen molar-refractivity contribution < 1.29 is 10.0 Å². The van der Waals surface area contributed by atoms with E-state index in [4.69, 9.17) is 0 Å². The lowest BCUT2D eigenvalue weighted by atomic mass is 10.1. The monoisotopic (exact) mass is 252 g/mol. The van der Waals surface area contributed by atoms with Gasteiger partial charge in [0.05, 0.1) is 11.5 Å². The minimum atomic E-state index is -0.439. The van der Waals surface area contributed by atoms with Crippen molar-refractivity contribution in [2.75, 3.05) is 18.0 Å². The van der Waals surface area contributed by atoms with Gasteiger partial charge < -0.3 is 10.0 Å². The Morgan fingerprint density at radius 2 is 2.11 bits per heavy atom. The Hall–Kier alpha value is -1.62. The fraction of sp³-hybridized carbons (Fsp3) is 0.538. The molecular formula is C13H20N2O3. The number of benzene rings is 1. The van der Waals surface area contributed by atoms with Crippen molar-refractivity contribution in [1.82, 2.24) is 0 Å². The molecule has 5 heteroatoms. The number of aliphatic hydroxyl groups is 1. The molecule has 1 aromatic rings. The molecule has 0 aromatic heterocycles. The summed E-state index contributed by atoms with van der Waals surface area (Å²) < 4.78 is 0. The molecule has 0 unspecified atom stereocenters. The minimum Gasteiger partial charge on any atom is -0.392 e.